The number of hydrogen-bond donors (Lipinski definition) is 0. The van der Waals surface area contributed by atoms with Gasteiger partial charge in [0, 0.05) is 0 Å². The minimum absolute atomic E-state index is 0.0392. The van der Waals surface area contributed by atoms with E-state index in [1.54, 1.807) is 12.1 Å². The highest BCUT2D eigenvalue weighted by molar-refractivity contribution is 8.15. The monoisotopic (exact) mass is 353 g/mol. The highest BCUT2D eigenvalue weighted by atomic mass is 32.2. The largest absolute Gasteiger partial charge is 0.463 e. The van der Waals surface area contributed by atoms with Crippen LogP contribution in [0.1, 0.15) is 15.9 Å². The number of benzene rings is 2. The van der Waals surface area contributed by atoms with E-state index in [1.165, 1.54) is 17.6 Å². The van der Waals surface area contributed by atoms with Gasteiger partial charge in [-0.15, -0.1) is 11.3 Å². The van der Waals surface area contributed by atoms with Gasteiger partial charge >= 0.3 is 0 Å². The molecule has 2 aromatic carbocycles. The Morgan fingerprint density at radius 1 is 1.21 bits per heavy atom. The van der Waals surface area contributed by atoms with Gasteiger partial charge in [0.1, 0.15) is 17.4 Å². The molecule has 0 amide bonds. The maximum absolute atomic E-state index is 12.6. The predicted octanol–water partition coefficient (Wildman–Crippen LogP) is 4.64. The predicted molar refractivity (Wildman–Crippen MR) is 97.0 cm³/mol. The van der Waals surface area contributed by atoms with Crippen LogP contribution in [0.4, 0.5) is 0 Å². The van der Waals surface area contributed by atoms with Crippen LogP contribution >= 0.6 is 23.1 Å². The van der Waals surface area contributed by atoms with Crippen LogP contribution in [-0.2, 0) is 0 Å². The van der Waals surface area contributed by atoms with E-state index in [4.69, 9.17) is 4.42 Å². The molecule has 0 atom stereocenters. The molecule has 4 nitrogen and oxygen atoms in total. The lowest BCUT2D eigenvalue weighted by molar-refractivity contribution is 0.108. The summed E-state index contributed by atoms with van der Waals surface area (Å²) in [5.74, 6) is 0. The van der Waals surface area contributed by atoms with E-state index < -0.39 is 0 Å². The summed E-state index contributed by atoms with van der Waals surface area (Å²) in [6.45, 7) is 1.89. The fourth-order valence-corrected chi connectivity index (χ4v) is 4.33. The molecular formula is C18H11NO3S2. The van der Waals surface area contributed by atoms with Gasteiger partial charge in [0.05, 0.1) is 15.6 Å². The lowest BCUT2D eigenvalue weighted by atomic mass is 10.1. The number of aryl methyl sites for hydroxylation is 1. The molecule has 24 heavy (non-hydrogen) atoms. The van der Waals surface area contributed by atoms with Gasteiger partial charge in [-0.05, 0) is 43.0 Å². The maximum atomic E-state index is 12.6. The van der Waals surface area contributed by atoms with Gasteiger partial charge in [-0.3, -0.25) is 9.59 Å². The van der Waals surface area contributed by atoms with Crippen molar-refractivity contribution in [1.82, 2.24) is 4.98 Å². The van der Waals surface area contributed by atoms with Crippen LogP contribution in [0.15, 0.2) is 62.3 Å². The first-order chi connectivity index (χ1) is 11.6. The number of carbonyl (C=O) groups is 1. The van der Waals surface area contributed by atoms with Crippen molar-refractivity contribution in [3.63, 3.8) is 0 Å². The molecule has 0 fully saturated rings. The number of para-hydroxylation sites is 1. The summed E-state index contributed by atoms with van der Waals surface area (Å²) in [5.41, 5.74) is 2.00. The van der Waals surface area contributed by atoms with E-state index in [0.717, 1.165) is 27.5 Å². The molecule has 118 valence electrons. The van der Waals surface area contributed by atoms with Crippen molar-refractivity contribution in [3.8, 4) is 0 Å². The molecule has 0 N–H and O–H groups in total. The third kappa shape index (κ3) is 2.64. The zero-order chi connectivity index (χ0) is 16.7. The number of nitrogens with zero attached hydrogens (tertiary/aromatic N) is 1. The van der Waals surface area contributed by atoms with Crippen molar-refractivity contribution in [3.05, 3.63) is 70.1 Å². The highest BCUT2D eigenvalue weighted by Crippen LogP contribution is 2.31. The zero-order valence-corrected chi connectivity index (χ0v) is 14.2. The minimum Gasteiger partial charge on any atom is -0.463 e. The third-order valence-corrected chi connectivity index (χ3v) is 5.60. The number of aromatic nitrogens is 1. The first-order valence-electron chi connectivity index (χ1n) is 7.22. The highest BCUT2D eigenvalue weighted by Gasteiger charge is 2.18. The van der Waals surface area contributed by atoms with E-state index in [0.29, 0.717) is 15.3 Å². The smallest absolute Gasteiger partial charge is 0.233 e. The molecule has 0 saturated heterocycles. The molecule has 0 saturated carbocycles. The van der Waals surface area contributed by atoms with Crippen molar-refractivity contribution in [2.45, 2.75) is 11.3 Å². The number of carbonyl (C=O) groups excluding carboxylic acids is 1. The van der Waals surface area contributed by atoms with Crippen molar-refractivity contribution >= 4 is 49.4 Å². The van der Waals surface area contributed by atoms with Gasteiger partial charge in [-0.2, -0.15) is 0 Å². The van der Waals surface area contributed by atoms with Gasteiger partial charge in [-0.1, -0.05) is 23.8 Å². The third-order valence-electron chi connectivity index (χ3n) is 3.60. The number of rotatable bonds is 2. The molecule has 2 heterocycles. The van der Waals surface area contributed by atoms with Crippen LogP contribution in [0.25, 0.3) is 21.2 Å². The van der Waals surface area contributed by atoms with Gasteiger partial charge in [0.15, 0.2) is 4.34 Å². The topological polar surface area (TPSA) is 60.2 Å². The Bertz CT molecular complexity index is 1110. The normalized spacial score (nSPS) is 11.2. The Hall–Kier alpha value is -2.44. The average Bonchev–Trinajstić information content (AvgIpc) is 2.97. The second-order valence-electron chi connectivity index (χ2n) is 5.32. The molecule has 4 rings (SSSR count). The number of fused-ring (bicyclic) bond motifs is 2. The van der Waals surface area contributed by atoms with E-state index in [-0.39, 0.29) is 16.1 Å². The Balaban J connectivity index is 1.72. The fourth-order valence-electron chi connectivity index (χ4n) is 2.41. The Morgan fingerprint density at radius 3 is 2.88 bits per heavy atom. The van der Waals surface area contributed by atoms with E-state index in [2.05, 4.69) is 4.98 Å². The number of thioether (sulfide) groups is 1. The van der Waals surface area contributed by atoms with Crippen molar-refractivity contribution in [2.24, 2.45) is 0 Å². The second kappa shape index (κ2) is 5.89. The molecule has 0 radical (unpaired) electrons. The minimum atomic E-state index is -0.355. The van der Waals surface area contributed by atoms with Crippen molar-refractivity contribution in [1.29, 1.82) is 0 Å². The summed E-state index contributed by atoms with van der Waals surface area (Å²) in [6.07, 6.45) is 1.24. The van der Waals surface area contributed by atoms with Crippen LogP contribution in [0, 0.1) is 6.92 Å². The Morgan fingerprint density at radius 2 is 2.04 bits per heavy atom. The van der Waals surface area contributed by atoms with E-state index >= 15 is 0 Å². The maximum Gasteiger partial charge on any atom is 0.233 e. The summed E-state index contributed by atoms with van der Waals surface area (Å²) in [4.78, 5) is 29.5. The van der Waals surface area contributed by atoms with Gasteiger partial charge in [0.25, 0.3) is 0 Å². The Labute approximate surface area is 145 Å². The van der Waals surface area contributed by atoms with E-state index in [1.807, 2.05) is 37.3 Å². The number of thiazole rings is 1. The summed E-state index contributed by atoms with van der Waals surface area (Å²) in [5, 5.41) is 0.0666. The van der Waals surface area contributed by atoms with Crippen molar-refractivity contribution in [2.75, 3.05) is 0 Å². The number of hydrogen-bond acceptors (Lipinski definition) is 6. The molecule has 0 spiro atoms. The molecular weight excluding hydrogens is 342 g/mol. The van der Waals surface area contributed by atoms with Crippen LogP contribution in [0.2, 0.25) is 0 Å². The summed E-state index contributed by atoms with van der Waals surface area (Å²) < 4.78 is 7.07. The van der Waals surface area contributed by atoms with Crippen LogP contribution in [-0.4, -0.2) is 10.1 Å². The lowest BCUT2D eigenvalue weighted by Crippen LogP contribution is -2.12. The molecule has 0 aliphatic heterocycles. The van der Waals surface area contributed by atoms with Crippen LogP contribution in [0.5, 0.6) is 0 Å². The second-order valence-corrected chi connectivity index (χ2v) is 7.57. The summed E-state index contributed by atoms with van der Waals surface area (Å²) in [6, 6.07) is 13.0. The standard InChI is InChI=1S/C18H11NO3S2/c1-10-6-7-14-11(8-10)16(20)12(9-22-14)17(21)24-18-19-13-4-2-3-5-15(13)23-18/h2-9H,1H3. The molecule has 4 aromatic rings. The SMILES string of the molecule is Cc1ccc2occ(C(=O)Sc3nc4ccccc4s3)c(=O)c2c1. The molecule has 6 heteroatoms. The zero-order valence-electron chi connectivity index (χ0n) is 12.6. The first kappa shape index (κ1) is 15.1. The Kier molecular flexibility index (Phi) is 3.70. The van der Waals surface area contributed by atoms with Gasteiger partial charge in [0.2, 0.25) is 10.5 Å². The summed E-state index contributed by atoms with van der Waals surface area (Å²) in [7, 11) is 0. The quantitative estimate of drug-likeness (QED) is 0.491. The van der Waals surface area contributed by atoms with E-state index in [9.17, 15) is 9.59 Å². The van der Waals surface area contributed by atoms with Crippen LogP contribution in [0.3, 0.4) is 0 Å². The molecule has 0 unspecified atom stereocenters. The van der Waals surface area contributed by atoms with Crippen LogP contribution < -0.4 is 5.43 Å². The fraction of sp³-hybridized carbons (Fsp3) is 0.0556. The lowest BCUT2D eigenvalue weighted by Gasteiger charge is -2.01. The average molecular weight is 353 g/mol. The summed E-state index contributed by atoms with van der Waals surface area (Å²) >= 11 is 2.39. The van der Waals surface area contributed by atoms with Gasteiger partial charge < -0.3 is 4.42 Å². The van der Waals surface area contributed by atoms with Crippen molar-refractivity contribution < 1.29 is 9.21 Å². The molecule has 0 bridgehead atoms. The van der Waals surface area contributed by atoms with Gasteiger partial charge in [-0.25, -0.2) is 4.98 Å². The molecule has 2 aromatic heterocycles. The molecule has 0 aliphatic carbocycles. The first-order valence-corrected chi connectivity index (χ1v) is 8.85. The molecule has 0 aliphatic rings.